The Morgan fingerprint density at radius 3 is 2.75 bits per heavy atom. The monoisotopic (exact) mass is 279 g/mol. The van der Waals surface area contributed by atoms with Crippen molar-refractivity contribution in [3.8, 4) is 0 Å². The summed E-state index contributed by atoms with van der Waals surface area (Å²) in [4.78, 5) is 0. The van der Waals surface area contributed by atoms with Crippen molar-refractivity contribution in [3.05, 3.63) is 52.9 Å². The van der Waals surface area contributed by atoms with E-state index in [9.17, 15) is 8.78 Å². The van der Waals surface area contributed by atoms with Crippen LogP contribution in [0.15, 0.2) is 24.4 Å². The van der Waals surface area contributed by atoms with Crippen LogP contribution in [0.25, 0.3) is 0 Å². The van der Waals surface area contributed by atoms with Gasteiger partial charge in [-0.25, -0.2) is 8.78 Å². The summed E-state index contributed by atoms with van der Waals surface area (Å²) in [5.41, 5.74) is 2.49. The maximum absolute atomic E-state index is 13.6. The topological polar surface area (TPSA) is 29.9 Å². The minimum absolute atomic E-state index is 0.0259. The molecule has 0 aliphatic carbocycles. The van der Waals surface area contributed by atoms with Gasteiger partial charge in [-0.05, 0) is 26.8 Å². The first-order valence-electron chi connectivity index (χ1n) is 6.73. The number of halogens is 2. The van der Waals surface area contributed by atoms with Crippen LogP contribution in [-0.4, -0.2) is 9.78 Å². The summed E-state index contributed by atoms with van der Waals surface area (Å²) < 4.78 is 28.6. The molecule has 0 spiro atoms. The van der Waals surface area contributed by atoms with Gasteiger partial charge in [-0.3, -0.25) is 4.68 Å². The molecule has 0 fully saturated rings. The molecule has 0 aliphatic rings. The average molecular weight is 279 g/mol. The SMILES string of the molecule is CCn1ncc(C(C)NCc2cccc(F)c2F)c1C. The molecule has 0 amide bonds. The molecule has 1 N–H and O–H groups in total. The largest absolute Gasteiger partial charge is 0.306 e. The van der Waals surface area contributed by atoms with E-state index in [0.29, 0.717) is 5.56 Å². The summed E-state index contributed by atoms with van der Waals surface area (Å²) in [7, 11) is 0. The predicted octanol–water partition coefficient (Wildman–Crippen LogP) is 3.34. The number of benzene rings is 1. The Morgan fingerprint density at radius 1 is 1.35 bits per heavy atom. The van der Waals surface area contributed by atoms with Gasteiger partial charge in [0.1, 0.15) is 0 Å². The standard InChI is InChI=1S/C15H19F2N3/c1-4-20-11(3)13(9-19-20)10(2)18-8-12-6-5-7-14(16)15(12)17/h5-7,9-10,18H,4,8H2,1-3H3. The van der Waals surface area contributed by atoms with Crippen molar-refractivity contribution in [2.45, 2.75) is 39.9 Å². The van der Waals surface area contributed by atoms with Crippen LogP contribution in [0.5, 0.6) is 0 Å². The molecular weight excluding hydrogens is 260 g/mol. The summed E-state index contributed by atoms with van der Waals surface area (Å²) in [5, 5.41) is 7.49. The van der Waals surface area contributed by atoms with E-state index >= 15 is 0 Å². The summed E-state index contributed by atoms with van der Waals surface area (Å²) >= 11 is 0. The van der Waals surface area contributed by atoms with Crippen LogP contribution < -0.4 is 5.32 Å². The lowest BCUT2D eigenvalue weighted by molar-refractivity contribution is 0.484. The van der Waals surface area contributed by atoms with E-state index in [-0.39, 0.29) is 12.6 Å². The van der Waals surface area contributed by atoms with Crippen molar-refractivity contribution in [2.24, 2.45) is 0 Å². The molecule has 0 aliphatic heterocycles. The van der Waals surface area contributed by atoms with Crippen LogP contribution in [0.4, 0.5) is 8.78 Å². The summed E-state index contributed by atoms with van der Waals surface area (Å²) in [6, 6.07) is 4.25. The molecule has 5 heteroatoms. The van der Waals surface area contributed by atoms with Gasteiger partial charge in [-0.15, -0.1) is 0 Å². The van der Waals surface area contributed by atoms with Crippen molar-refractivity contribution in [1.82, 2.24) is 15.1 Å². The molecule has 1 aromatic heterocycles. The fourth-order valence-corrected chi connectivity index (χ4v) is 2.26. The van der Waals surface area contributed by atoms with Crippen LogP contribution in [0.1, 0.15) is 36.7 Å². The lowest BCUT2D eigenvalue weighted by Crippen LogP contribution is -2.19. The van der Waals surface area contributed by atoms with E-state index in [1.165, 1.54) is 6.07 Å². The molecule has 1 unspecified atom stereocenters. The Hall–Kier alpha value is -1.75. The van der Waals surface area contributed by atoms with E-state index in [1.807, 2.05) is 31.6 Å². The second-order valence-corrected chi connectivity index (χ2v) is 4.82. The third-order valence-electron chi connectivity index (χ3n) is 3.54. The molecule has 108 valence electrons. The number of nitrogens with one attached hydrogen (secondary N) is 1. The van der Waals surface area contributed by atoms with Crippen molar-refractivity contribution in [1.29, 1.82) is 0 Å². The van der Waals surface area contributed by atoms with Crippen LogP contribution in [0.2, 0.25) is 0 Å². The third-order valence-corrected chi connectivity index (χ3v) is 3.54. The van der Waals surface area contributed by atoms with Crippen LogP contribution >= 0.6 is 0 Å². The fourth-order valence-electron chi connectivity index (χ4n) is 2.26. The fraction of sp³-hybridized carbons (Fsp3) is 0.400. The number of hydrogen-bond acceptors (Lipinski definition) is 2. The van der Waals surface area contributed by atoms with Crippen molar-refractivity contribution < 1.29 is 8.78 Å². The minimum atomic E-state index is -0.813. The highest BCUT2D eigenvalue weighted by Gasteiger charge is 2.14. The van der Waals surface area contributed by atoms with Gasteiger partial charge in [-0.2, -0.15) is 5.10 Å². The first-order valence-corrected chi connectivity index (χ1v) is 6.73. The summed E-state index contributed by atoms with van der Waals surface area (Å²) in [6.07, 6.45) is 1.82. The zero-order valence-corrected chi connectivity index (χ0v) is 12.0. The van der Waals surface area contributed by atoms with Gasteiger partial charge in [0, 0.05) is 36.0 Å². The zero-order valence-electron chi connectivity index (χ0n) is 12.0. The Labute approximate surface area is 117 Å². The summed E-state index contributed by atoms with van der Waals surface area (Å²) in [6.45, 7) is 7.12. The highest BCUT2D eigenvalue weighted by Crippen LogP contribution is 2.18. The predicted molar refractivity (Wildman–Crippen MR) is 74.3 cm³/mol. The molecule has 2 aromatic rings. The van der Waals surface area contributed by atoms with Gasteiger partial charge in [0.15, 0.2) is 11.6 Å². The molecular formula is C15H19F2N3. The summed E-state index contributed by atoms with van der Waals surface area (Å²) in [5.74, 6) is -1.60. The van der Waals surface area contributed by atoms with Gasteiger partial charge >= 0.3 is 0 Å². The molecule has 3 nitrogen and oxygen atoms in total. The highest BCUT2D eigenvalue weighted by atomic mass is 19.2. The van der Waals surface area contributed by atoms with Crippen molar-refractivity contribution in [3.63, 3.8) is 0 Å². The molecule has 0 saturated heterocycles. The molecule has 1 aromatic carbocycles. The number of rotatable bonds is 5. The molecule has 1 heterocycles. The maximum Gasteiger partial charge on any atom is 0.163 e. The smallest absolute Gasteiger partial charge is 0.163 e. The second kappa shape index (κ2) is 6.13. The molecule has 2 rings (SSSR count). The number of aryl methyl sites for hydroxylation is 1. The molecule has 20 heavy (non-hydrogen) atoms. The van der Waals surface area contributed by atoms with Gasteiger partial charge in [0.05, 0.1) is 6.20 Å². The molecule has 0 saturated carbocycles. The van der Waals surface area contributed by atoms with Crippen molar-refractivity contribution in [2.75, 3.05) is 0 Å². The maximum atomic E-state index is 13.6. The van der Waals surface area contributed by atoms with Gasteiger partial charge in [-0.1, -0.05) is 12.1 Å². The second-order valence-electron chi connectivity index (χ2n) is 4.82. The van der Waals surface area contributed by atoms with E-state index < -0.39 is 11.6 Å². The lowest BCUT2D eigenvalue weighted by Gasteiger charge is -2.14. The normalized spacial score (nSPS) is 12.7. The molecule has 1 atom stereocenters. The highest BCUT2D eigenvalue weighted by molar-refractivity contribution is 5.22. The number of nitrogens with zero attached hydrogens (tertiary/aromatic N) is 2. The van der Waals surface area contributed by atoms with Crippen molar-refractivity contribution >= 4 is 0 Å². The van der Waals surface area contributed by atoms with Crippen LogP contribution in [0, 0.1) is 18.6 Å². The minimum Gasteiger partial charge on any atom is -0.306 e. The van der Waals surface area contributed by atoms with Gasteiger partial charge < -0.3 is 5.32 Å². The first-order chi connectivity index (χ1) is 9.54. The Balaban J connectivity index is 2.06. The quantitative estimate of drug-likeness (QED) is 0.909. The first kappa shape index (κ1) is 14.7. The third kappa shape index (κ3) is 2.88. The van der Waals surface area contributed by atoms with E-state index in [0.717, 1.165) is 23.9 Å². The molecule has 0 bridgehead atoms. The van der Waals surface area contributed by atoms with Crippen LogP contribution in [0.3, 0.4) is 0 Å². The van der Waals surface area contributed by atoms with E-state index in [1.54, 1.807) is 6.07 Å². The Bertz CT molecular complexity index is 593. The van der Waals surface area contributed by atoms with E-state index in [2.05, 4.69) is 10.4 Å². The van der Waals surface area contributed by atoms with E-state index in [4.69, 9.17) is 0 Å². The molecule has 0 radical (unpaired) electrons. The average Bonchev–Trinajstić information content (AvgIpc) is 2.81. The number of hydrogen-bond donors (Lipinski definition) is 1. The number of aromatic nitrogens is 2. The van der Waals surface area contributed by atoms with Gasteiger partial charge in [0.2, 0.25) is 0 Å². The Kier molecular flexibility index (Phi) is 4.49. The lowest BCUT2D eigenvalue weighted by atomic mass is 10.1. The van der Waals surface area contributed by atoms with Crippen LogP contribution in [-0.2, 0) is 13.1 Å². The zero-order chi connectivity index (χ0) is 14.7. The van der Waals surface area contributed by atoms with Gasteiger partial charge in [0.25, 0.3) is 0 Å². The Morgan fingerprint density at radius 2 is 2.10 bits per heavy atom.